The Hall–Kier alpha value is -0.830. The zero-order valence-corrected chi connectivity index (χ0v) is 10.8. The molecule has 3 nitrogen and oxygen atoms in total. The molecule has 0 aromatic heterocycles. The van der Waals surface area contributed by atoms with Gasteiger partial charge in [0.05, 0.1) is 6.04 Å². The highest BCUT2D eigenvalue weighted by Crippen LogP contribution is 2.16. The minimum Gasteiger partial charge on any atom is -0.338 e. The molecule has 0 aromatic carbocycles. The number of rotatable bonds is 4. The molecule has 1 saturated heterocycles. The van der Waals surface area contributed by atoms with Crippen molar-refractivity contribution in [2.24, 2.45) is 5.92 Å². The Kier molecular flexibility index (Phi) is 5.00. The van der Waals surface area contributed by atoms with Crippen LogP contribution in [0.5, 0.6) is 0 Å². The number of hydrogen-bond acceptors (Lipinski definition) is 2. The van der Waals surface area contributed by atoms with Gasteiger partial charge in [0.15, 0.2) is 0 Å². The van der Waals surface area contributed by atoms with E-state index in [1.54, 1.807) is 0 Å². The van der Waals surface area contributed by atoms with Gasteiger partial charge in [-0.3, -0.25) is 4.79 Å². The summed E-state index contributed by atoms with van der Waals surface area (Å²) >= 11 is 0. The summed E-state index contributed by atoms with van der Waals surface area (Å²) in [5.41, 5.74) is 1.04. The Labute approximate surface area is 98.9 Å². The average molecular weight is 224 g/mol. The molecule has 3 heteroatoms. The summed E-state index contributed by atoms with van der Waals surface area (Å²) in [5.74, 6) is 0.885. The molecule has 16 heavy (non-hydrogen) atoms. The molecule has 0 aromatic rings. The summed E-state index contributed by atoms with van der Waals surface area (Å²) < 4.78 is 0. The molecule has 92 valence electrons. The van der Waals surface area contributed by atoms with Crippen molar-refractivity contribution in [3.05, 3.63) is 12.2 Å². The highest BCUT2D eigenvalue weighted by atomic mass is 16.2. The first-order valence-electron chi connectivity index (χ1n) is 6.21. The second kappa shape index (κ2) is 6.04. The van der Waals surface area contributed by atoms with Crippen LogP contribution in [-0.2, 0) is 4.79 Å². The molecule has 0 bridgehead atoms. The molecule has 2 atom stereocenters. The lowest BCUT2D eigenvalue weighted by Crippen LogP contribution is -2.50. The maximum absolute atomic E-state index is 12.2. The number of carbonyl (C=O) groups is 1. The fraction of sp³-hybridized carbons (Fsp3) is 0.769. The molecular formula is C13H24N2O. The van der Waals surface area contributed by atoms with Crippen LogP contribution < -0.4 is 5.32 Å². The fourth-order valence-electron chi connectivity index (χ4n) is 2.19. The number of hydrogen-bond donors (Lipinski definition) is 1. The van der Waals surface area contributed by atoms with Gasteiger partial charge in [0.1, 0.15) is 0 Å². The Morgan fingerprint density at radius 3 is 2.75 bits per heavy atom. The summed E-state index contributed by atoms with van der Waals surface area (Å²) in [6.45, 7) is 12.5. The molecule has 1 rings (SSSR count). The fourth-order valence-corrected chi connectivity index (χ4v) is 2.19. The molecule has 0 spiro atoms. The number of amides is 1. The minimum atomic E-state index is 0.0167. The minimum absolute atomic E-state index is 0.0167. The van der Waals surface area contributed by atoms with Crippen molar-refractivity contribution in [2.45, 2.75) is 39.7 Å². The molecule has 1 heterocycles. The SMILES string of the molecule is C=C(C)CN(CC)C(=O)C1CC(C)CCN1. The largest absolute Gasteiger partial charge is 0.338 e. The van der Waals surface area contributed by atoms with Crippen LogP contribution in [0.3, 0.4) is 0 Å². The maximum Gasteiger partial charge on any atom is 0.239 e. The van der Waals surface area contributed by atoms with E-state index in [-0.39, 0.29) is 11.9 Å². The number of nitrogens with zero attached hydrogens (tertiary/aromatic N) is 1. The van der Waals surface area contributed by atoms with E-state index in [9.17, 15) is 4.79 Å². The Balaban J connectivity index is 2.56. The monoisotopic (exact) mass is 224 g/mol. The van der Waals surface area contributed by atoms with Gasteiger partial charge in [-0.05, 0) is 39.2 Å². The van der Waals surface area contributed by atoms with Crippen LogP contribution in [0.1, 0.15) is 33.6 Å². The Bertz CT molecular complexity index is 263. The number of piperidine rings is 1. The van der Waals surface area contributed by atoms with Crippen LogP contribution in [0.4, 0.5) is 0 Å². The van der Waals surface area contributed by atoms with Crippen LogP contribution in [0.2, 0.25) is 0 Å². The third-order valence-electron chi connectivity index (χ3n) is 3.12. The van der Waals surface area contributed by atoms with Gasteiger partial charge >= 0.3 is 0 Å². The normalized spacial score (nSPS) is 25.2. The highest BCUT2D eigenvalue weighted by molar-refractivity contribution is 5.82. The van der Waals surface area contributed by atoms with Gasteiger partial charge in [-0.2, -0.15) is 0 Å². The highest BCUT2D eigenvalue weighted by Gasteiger charge is 2.27. The molecule has 0 aliphatic carbocycles. The van der Waals surface area contributed by atoms with Crippen molar-refractivity contribution in [3.63, 3.8) is 0 Å². The summed E-state index contributed by atoms with van der Waals surface area (Å²) in [6, 6.07) is 0.0167. The van der Waals surface area contributed by atoms with E-state index in [4.69, 9.17) is 0 Å². The van der Waals surface area contributed by atoms with Crippen molar-refractivity contribution >= 4 is 5.91 Å². The van der Waals surface area contributed by atoms with Gasteiger partial charge in [-0.1, -0.05) is 19.1 Å². The van der Waals surface area contributed by atoms with Crippen LogP contribution in [0, 0.1) is 5.92 Å². The topological polar surface area (TPSA) is 32.3 Å². The summed E-state index contributed by atoms with van der Waals surface area (Å²) in [4.78, 5) is 14.1. The van der Waals surface area contributed by atoms with Crippen molar-refractivity contribution in [2.75, 3.05) is 19.6 Å². The van der Waals surface area contributed by atoms with Crippen LogP contribution in [-0.4, -0.2) is 36.5 Å². The third kappa shape index (κ3) is 3.63. The molecular weight excluding hydrogens is 200 g/mol. The molecule has 2 unspecified atom stereocenters. The first-order chi connectivity index (χ1) is 7.54. The van der Waals surface area contributed by atoms with Gasteiger partial charge in [0.2, 0.25) is 5.91 Å². The zero-order chi connectivity index (χ0) is 12.1. The molecule has 1 N–H and O–H groups in total. The van der Waals surface area contributed by atoms with E-state index < -0.39 is 0 Å². The molecule has 0 saturated carbocycles. The van der Waals surface area contributed by atoms with E-state index in [0.29, 0.717) is 12.5 Å². The third-order valence-corrected chi connectivity index (χ3v) is 3.12. The van der Waals surface area contributed by atoms with Crippen LogP contribution in [0.25, 0.3) is 0 Å². The van der Waals surface area contributed by atoms with E-state index in [0.717, 1.165) is 25.1 Å². The van der Waals surface area contributed by atoms with E-state index >= 15 is 0 Å². The first kappa shape index (κ1) is 13.2. The standard InChI is InChI=1S/C13H24N2O/c1-5-15(9-10(2)3)13(16)12-8-11(4)6-7-14-12/h11-12,14H,2,5-9H2,1,3-4H3. The zero-order valence-electron chi connectivity index (χ0n) is 10.8. The molecule has 0 radical (unpaired) electrons. The van der Waals surface area contributed by atoms with Gasteiger partial charge in [0, 0.05) is 13.1 Å². The summed E-state index contributed by atoms with van der Waals surface area (Å²) in [5, 5.41) is 3.32. The van der Waals surface area contributed by atoms with Crippen molar-refractivity contribution in [3.8, 4) is 0 Å². The quantitative estimate of drug-likeness (QED) is 0.739. The van der Waals surface area contributed by atoms with Gasteiger partial charge in [-0.15, -0.1) is 0 Å². The van der Waals surface area contributed by atoms with E-state index in [1.165, 1.54) is 6.42 Å². The Morgan fingerprint density at radius 1 is 1.56 bits per heavy atom. The van der Waals surface area contributed by atoms with Gasteiger partial charge in [-0.25, -0.2) is 0 Å². The lowest BCUT2D eigenvalue weighted by atomic mass is 9.93. The summed E-state index contributed by atoms with van der Waals surface area (Å²) in [6.07, 6.45) is 2.14. The lowest BCUT2D eigenvalue weighted by Gasteiger charge is -2.32. The second-order valence-corrected chi connectivity index (χ2v) is 4.95. The van der Waals surface area contributed by atoms with Crippen LogP contribution in [0.15, 0.2) is 12.2 Å². The van der Waals surface area contributed by atoms with Crippen molar-refractivity contribution < 1.29 is 4.79 Å². The average Bonchev–Trinajstić information content (AvgIpc) is 2.24. The lowest BCUT2D eigenvalue weighted by molar-refractivity contribution is -0.133. The van der Waals surface area contributed by atoms with Gasteiger partial charge in [0.25, 0.3) is 0 Å². The van der Waals surface area contributed by atoms with E-state index in [1.807, 2.05) is 18.7 Å². The van der Waals surface area contributed by atoms with Crippen LogP contribution >= 0.6 is 0 Å². The predicted octanol–water partition coefficient (Wildman–Crippen LogP) is 1.80. The maximum atomic E-state index is 12.2. The van der Waals surface area contributed by atoms with E-state index in [2.05, 4.69) is 18.8 Å². The molecule has 1 aliphatic rings. The second-order valence-electron chi connectivity index (χ2n) is 4.95. The van der Waals surface area contributed by atoms with Gasteiger partial charge < -0.3 is 10.2 Å². The molecule has 1 aliphatic heterocycles. The van der Waals surface area contributed by atoms with Crippen molar-refractivity contribution in [1.82, 2.24) is 10.2 Å². The smallest absolute Gasteiger partial charge is 0.239 e. The molecule has 1 fully saturated rings. The Morgan fingerprint density at radius 2 is 2.25 bits per heavy atom. The van der Waals surface area contributed by atoms with Crippen molar-refractivity contribution in [1.29, 1.82) is 0 Å². The number of nitrogens with one attached hydrogen (secondary N) is 1. The predicted molar refractivity (Wildman–Crippen MR) is 67.3 cm³/mol. The summed E-state index contributed by atoms with van der Waals surface area (Å²) in [7, 11) is 0. The number of carbonyl (C=O) groups excluding carboxylic acids is 1. The molecule has 1 amide bonds. The first-order valence-corrected chi connectivity index (χ1v) is 6.21. The number of likely N-dealkylation sites (N-methyl/N-ethyl adjacent to an activating group) is 1.